The third kappa shape index (κ3) is 5.02. The van der Waals surface area contributed by atoms with Crippen LogP contribution in [0.15, 0.2) is 40.9 Å². The van der Waals surface area contributed by atoms with Gasteiger partial charge in [0.15, 0.2) is 5.69 Å². The minimum Gasteiger partial charge on any atom is -0.360 e. The molecule has 4 rings (SSSR count). The number of benzene rings is 1. The number of nitrogens with zero attached hydrogens (tertiary/aromatic N) is 2. The number of hydrogen-bond donors (Lipinski definition) is 2. The van der Waals surface area contributed by atoms with Crippen LogP contribution in [0.25, 0.3) is 0 Å². The first-order valence-corrected chi connectivity index (χ1v) is 10.4. The zero-order valence-corrected chi connectivity index (χ0v) is 17.9. The summed E-state index contributed by atoms with van der Waals surface area (Å²) in [6, 6.07) is 11.1. The van der Waals surface area contributed by atoms with Crippen LogP contribution in [-0.2, 0) is 4.79 Å². The number of aromatic nitrogens is 1. The minimum absolute atomic E-state index is 0. The van der Waals surface area contributed by atoms with Gasteiger partial charge in [-0.05, 0) is 44.1 Å². The van der Waals surface area contributed by atoms with Crippen molar-refractivity contribution < 1.29 is 14.1 Å². The minimum atomic E-state index is -0.482. The smallest absolute Gasteiger partial charge is 0.273 e. The van der Waals surface area contributed by atoms with E-state index in [0.717, 1.165) is 37.0 Å². The van der Waals surface area contributed by atoms with E-state index >= 15 is 0 Å². The molecule has 0 radical (unpaired) electrons. The first-order chi connectivity index (χ1) is 14.0. The quantitative estimate of drug-likeness (QED) is 0.730. The van der Waals surface area contributed by atoms with Crippen LogP contribution in [0.2, 0.25) is 0 Å². The lowest BCUT2D eigenvalue weighted by Crippen LogP contribution is -2.47. The van der Waals surface area contributed by atoms with Crippen molar-refractivity contribution in [3.05, 3.63) is 53.4 Å². The predicted octanol–water partition coefficient (Wildman–Crippen LogP) is 3.03. The molecule has 2 heterocycles. The first kappa shape index (κ1) is 22.3. The molecule has 2 aromatic rings. The van der Waals surface area contributed by atoms with E-state index in [4.69, 9.17) is 10.3 Å². The normalized spacial score (nSPS) is 18.9. The number of nitrogens with two attached hydrogens (primary N) is 1. The average molecular weight is 433 g/mol. The number of nitrogens with one attached hydrogen (secondary N) is 1. The van der Waals surface area contributed by atoms with Crippen LogP contribution in [-0.4, -0.2) is 41.0 Å². The predicted molar refractivity (Wildman–Crippen MR) is 115 cm³/mol. The molecule has 30 heavy (non-hydrogen) atoms. The van der Waals surface area contributed by atoms with Crippen molar-refractivity contribution in [2.45, 2.75) is 50.6 Å². The maximum Gasteiger partial charge on any atom is 0.273 e. The summed E-state index contributed by atoms with van der Waals surface area (Å²) in [5.41, 5.74) is 7.14. The van der Waals surface area contributed by atoms with Crippen LogP contribution in [0.4, 0.5) is 0 Å². The summed E-state index contributed by atoms with van der Waals surface area (Å²) in [7, 11) is 0. The van der Waals surface area contributed by atoms with E-state index < -0.39 is 6.04 Å². The molecule has 8 heteroatoms. The molecule has 7 nitrogen and oxygen atoms in total. The lowest BCUT2D eigenvalue weighted by atomic mass is 9.85. The third-order valence-electron chi connectivity index (χ3n) is 5.90. The Balaban J connectivity index is 0.00000256. The Kier molecular flexibility index (Phi) is 7.15. The van der Waals surface area contributed by atoms with Gasteiger partial charge in [-0.15, -0.1) is 12.4 Å². The summed E-state index contributed by atoms with van der Waals surface area (Å²) in [5.74, 6) is 1.21. The zero-order valence-electron chi connectivity index (χ0n) is 17.1. The second kappa shape index (κ2) is 9.62. The highest BCUT2D eigenvalue weighted by atomic mass is 35.5. The molecule has 2 aliphatic rings. The van der Waals surface area contributed by atoms with Gasteiger partial charge in [0.05, 0.1) is 12.1 Å². The fourth-order valence-corrected chi connectivity index (χ4v) is 4.05. The van der Waals surface area contributed by atoms with Crippen molar-refractivity contribution in [1.82, 2.24) is 15.4 Å². The molecule has 1 saturated carbocycles. The fraction of sp³-hybridized carbons (Fsp3) is 0.500. The molecule has 1 aromatic heterocycles. The lowest BCUT2D eigenvalue weighted by molar-refractivity contribution is -0.133. The number of hydrogen-bond acceptors (Lipinski definition) is 5. The maximum absolute atomic E-state index is 12.9. The SMILES string of the molecule is C[C@H](N)C(=O)N1CCC(C(NC(=O)c2cc(C3CC3)on2)c2ccccc2)CC1.Cl. The zero-order chi connectivity index (χ0) is 20.4. The van der Waals surface area contributed by atoms with Gasteiger partial charge in [-0.1, -0.05) is 35.5 Å². The highest BCUT2D eigenvalue weighted by Gasteiger charge is 2.33. The van der Waals surface area contributed by atoms with E-state index in [1.165, 1.54) is 0 Å². The molecule has 2 atom stereocenters. The molecule has 2 fully saturated rings. The maximum atomic E-state index is 12.9. The van der Waals surface area contributed by atoms with Gasteiger partial charge < -0.3 is 20.5 Å². The van der Waals surface area contributed by atoms with Gasteiger partial charge in [0.2, 0.25) is 5.91 Å². The fourth-order valence-electron chi connectivity index (χ4n) is 4.05. The molecule has 2 amide bonds. The van der Waals surface area contributed by atoms with Gasteiger partial charge in [-0.3, -0.25) is 9.59 Å². The number of halogens is 1. The van der Waals surface area contributed by atoms with Crippen molar-refractivity contribution in [3.63, 3.8) is 0 Å². The molecule has 1 saturated heterocycles. The summed E-state index contributed by atoms with van der Waals surface area (Å²) < 4.78 is 5.34. The molecule has 1 unspecified atom stereocenters. The van der Waals surface area contributed by atoms with Gasteiger partial charge in [-0.25, -0.2) is 0 Å². The highest BCUT2D eigenvalue weighted by molar-refractivity contribution is 5.92. The summed E-state index contributed by atoms with van der Waals surface area (Å²) in [6.07, 6.45) is 3.82. The second-order valence-electron chi connectivity index (χ2n) is 8.20. The summed E-state index contributed by atoms with van der Waals surface area (Å²) in [6.45, 7) is 3.02. The van der Waals surface area contributed by atoms with Crippen molar-refractivity contribution in [3.8, 4) is 0 Å². The van der Waals surface area contributed by atoms with E-state index in [-0.39, 0.29) is 36.2 Å². The molecule has 3 N–H and O–H groups in total. The van der Waals surface area contributed by atoms with Crippen LogP contribution >= 0.6 is 12.4 Å². The van der Waals surface area contributed by atoms with Crippen LogP contribution in [0, 0.1) is 5.92 Å². The Morgan fingerprint density at radius 3 is 2.43 bits per heavy atom. The van der Waals surface area contributed by atoms with E-state index in [0.29, 0.717) is 24.7 Å². The van der Waals surface area contributed by atoms with E-state index in [2.05, 4.69) is 10.5 Å². The molecule has 162 valence electrons. The van der Waals surface area contributed by atoms with Crippen molar-refractivity contribution in [1.29, 1.82) is 0 Å². The highest BCUT2D eigenvalue weighted by Crippen LogP contribution is 2.40. The summed E-state index contributed by atoms with van der Waals surface area (Å²) in [5, 5.41) is 7.14. The molecule has 0 spiro atoms. The van der Waals surface area contributed by atoms with Crippen molar-refractivity contribution in [2.24, 2.45) is 11.7 Å². The molecular formula is C22H29ClN4O3. The van der Waals surface area contributed by atoms with Crippen LogP contribution in [0.3, 0.4) is 0 Å². The van der Waals surface area contributed by atoms with Gasteiger partial charge in [0.25, 0.3) is 5.91 Å². The van der Waals surface area contributed by atoms with Gasteiger partial charge in [0, 0.05) is 25.1 Å². The van der Waals surface area contributed by atoms with Gasteiger partial charge in [0.1, 0.15) is 5.76 Å². The monoisotopic (exact) mass is 432 g/mol. The van der Waals surface area contributed by atoms with E-state index in [9.17, 15) is 9.59 Å². The summed E-state index contributed by atoms with van der Waals surface area (Å²) >= 11 is 0. The average Bonchev–Trinajstić information content (AvgIpc) is 3.48. The van der Waals surface area contributed by atoms with Gasteiger partial charge in [-0.2, -0.15) is 0 Å². The third-order valence-corrected chi connectivity index (χ3v) is 5.90. The topological polar surface area (TPSA) is 101 Å². The Morgan fingerprint density at radius 1 is 1.17 bits per heavy atom. The lowest BCUT2D eigenvalue weighted by Gasteiger charge is -2.37. The number of carbonyl (C=O) groups is 2. The molecule has 1 aromatic carbocycles. The van der Waals surface area contributed by atoms with Gasteiger partial charge >= 0.3 is 0 Å². The van der Waals surface area contributed by atoms with E-state index in [1.807, 2.05) is 35.2 Å². The standard InChI is InChI=1S/C22H28N4O3.ClH/c1-14(23)22(28)26-11-9-17(10-12-26)20(16-5-3-2-4-6-16)24-21(27)18-13-19(29-25-18)15-7-8-15;/h2-6,13-15,17,20H,7-12,23H2,1H3,(H,24,27);1H/t14-,20?;/m0./s1. The number of likely N-dealkylation sites (tertiary alicyclic amines) is 1. The largest absolute Gasteiger partial charge is 0.360 e. The number of amides is 2. The summed E-state index contributed by atoms with van der Waals surface area (Å²) in [4.78, 5) is 26.9. The number of carbonyl (C=O) groups excluding carboxylic acids is 2. The van der Waals surface area contributed by atoms with Crippen LogP contribution < -0.4 is 11.1 Å². The Bertz CT molecular complexity index is 858. The van der Waals surface area contributed by atoms with E-state index in [1.54, 1.807) is 13.0 Å². The Morgan fingerprint density at radius 2 is 1.83 bits per heavy atom. The number of rotatable bonds is 6. The molecule has 0 bridgehead atoms. The van der Waals surface area contributed by atoms with Crippen LogP contribution in [0.5, 0.6) is 0 Å². The molecular weight excluding hydrogens is 404 g/mol. The first-order valence-electron chi connectivity index (χ1n) is 10.4. The van der Waals surface area contributed by atoms with Crippen molar-refractivity contribution in [2.75, 3.05) is 13.1 Å². The van der Waals surface area contributed by atoms with Crippen LogP contribution in [0.1, 0.15) is 66.4 Å². The second-order valence-corrected chi connectivity index (χ2v) is 8.20. The Labute approximate surface area is 182 Å². The van der Waals surface area contributed by atoms with Crippen molar-refractivity contribution >= 4 is 24.2 Å². The molecule has 1 aliphatic heterocycles. The Hall–Kier alpha value is -2.38. The number of piperidine rings is 1. The molecule has 1 aliphatic carbocycles.